The average molecular weight is 341 g/mol. The van der Waals surface area contributed by atoms with Gasteiger partial charge in [-0.2, -0.15) is 0 Å². The molecule has 114 valence electrons. The van der Waals surface area contributed by atoms with E-state index in [4.69, 9.17) is 0 Å². The van der Waals surface area contributed by atoms with Crippen molar-refractivity contribution in [1.82, 2.24) is 5.32 Å². The Balaban J connectivity index is 2.68. The maximum Gasteiger partial charge on any atom is 0.0508 e. The summed E-state index contributed by atoms with van der Waals surface area (Å²) in [5.74, 6) is 0.690. The fourth-order valence-corrected chi connectivity index (χ4v) is 3.00. The van der Waals surface area contributed by atoms with Crippen molar-refractivity contribution in [2.45, 2.75) is 41.2 Å². The third kappa shape index (κ3) is 6.27. The van der Waals surface area contributed by atoms with Gasteiger partial charge in [-0.3, -0.25) is 0 Å². The van der Waals surface area contributed by atoms with E-state index >= 15 is 0 Å². The van der Waals surface area contributed by atoms with Crippen molar-refractivity contribution >= 4 is 21.6 Å². The lowest BCUT2D eigenvalue weighted by atomic mass is 9.96. The summed E-state index contributed by atoms with van der Waals surface area (Å²) >= 11 is 3.71. The molecule has 0 bridgehead atoms. The van der Waals surface area contributed by atoms with Crippen molar-refractivity contribution in [1.29, 1.82) is 0 Å². The minimum Gasteiger partial charge on any atom is -0.373 e. The molecule has 1 N–H and O–H groups in total. The van der Waals surface area contributed by atoms with Crippen LogP contribution in [0.4, 0.5) is 5.69 Å². The Morgan fingerprint density at radius 2 is 1.90 bits per heavy atom. The monoisotopic (exact) mass is 340 g/mol. The van der Waals surface area contributed by atoms with E-state index in [1.807, 2.05) is 0 Å². The summed E-state index contributed by atoms with van der Waals surface area (Å²) in [5, 5.41) is 3.48. The molecule has 0 aromatic heterocycles. The Morgan fingerprint density at radius 3 is 2.40 bits per heavy atom. The van der Waals surface area contributed by atoms with Gasteiger partial charge in [0.15, 0.2) is 0 Å². The molecule has 0 aliphatic rings. The van der Waals surface area contributed by atoms with Gasteiger partial charge in [-0.15, -0.1) is 0 Å². The number of hydrogen-bond donors (Lipinski definition) is 1. The first kappa shape index (κ1) is 17.5. The molecule has 0 amide bonds. The van der Waals surface area contributed by atoms with E-state index in [0.29, 0.717) is 11.3 Å². The number of nitrogens with one attached hydrogen (secondary N) is 1. The molecule has 20 heavy (non-hydrogen) atoms. The van der Waals surface area contributed by atoms with Gasteiger partial charge in [0.2, 0.25) is 0 Å². The molecule has 1 rings (SSSR count). The van der Waals surface area contributed by atoms with E-state index in [9.17, 15) is 0 Å². The fraction of sp³-hybridized carbons (Fsp3) is 0.647. The lowest BCUT2D eigenvalue weighted by molar-refractivity contribution is 0.419. The normalized spacial score (nSPS) is 12.0. The van der Waals surface area contributed by atoms with Gasteiger partial charge in [-0.25, -0.2) is 0 Å². The standard InChI is InChI=1S/C17H29BrN2/c1-13(2)10-19-11-14-7-8-16(15(18)9-14)20(6)12-17(3,4)5/h7-9,13,19H,10-12H2,1-6H3. The average Bonchev–Trinajstić information content (AvgIpc) is 2.25. The molecule has 2 nitrogen and oxygen atoms in total. The Labute approximate surface area is 133 Å². The largest absolute Gasteiger partial charge is 0.373 e. The van der Waals surface area contributed by atoms with Crippen LogP contribution in [-0.2, 0) is 6.54 Å². The Bertz CT molecular complexity index is 421. The second-order valence-electron chi connectivity index (χ2n) is 7.23. The molecule has 1 aromatic carbocycles. The van der Waals surface area contributed by atoms with Gasteiger partial charge < -0.3 is 10.2 Å². The van der Waals surface area contributed by atoms with Crippen LogP contribution in [-0.4, -0.2) is 20.1 Å². The van der Waals surface area contributed by atoms with E-state index in [-0.39, 0.29) is 0 Å². The Morgan fingerprint density at radius 1 is 1.25 bits per heavy atom. The van der Waals surface area contributed by atoms with Crippen molar-refractivity contribution in [2.24, 2.45) is 11.3 Å². The molecule has 0 saturated carbocycles. The van der Waals surface area contributed by atoms with Gasteiger partial charge in [0.25, 0.3) is 0 Å². The molecule has 0 saturated heterocycles. The van der Waals surface area contributed by atoms with Crippen LogP contribution < -0.4 is 10.2 Å². The second kappa shape index (κ2) is 7.46. The summed E-state index contributed by atoms with van der Waals surface area (Å²) in [5.41, 5.74) is 2.88. The first-order valence-electron chi connectivity index (χ1n) is 7.39. The lowest BCUT2D eigenvalue weighted by Gasteiger charge is -2.29. The SMILES string of the molecule is CC(C)CNCc1ccc(N(C)CC(C)(C)C)c(Br)c1. The van der Waals surface area contributed by atoms with Crippen molar-refractivity contribution < 1.29 is 0 Å². The van der Waals surface area contributed by atoms with E-state index < -0.39 is 0 Å². The van der Waals surface area contributed by atoms with Crippen molar-refractivity contribution in [2.75, 3.05) is 25.0 Å². The number of benzene rings is 1. The Kier molecular flexibility index (Phi) is 6.53. The van der Waals surface area contributed by atoms with Crippen molar-refractivity contribution in [3.8, 4) is 0 Å². The van der Waals surface area contributed by atoms with Crippen LogP contribution in [0.5, 0.6) is 0 Å². The summed E-state index contributed by atoms with van der Waals surface area (Å²) in [7, 11) is 2.15. The molecule has 0 radical (unpaired) electrons. The molecular formula is C17H29BrN2. The summed E-state index contributed by atoms with van der Waals surface area (Å²) in [6.45, 7) is 14.3. The summed E-state index contributed by atoms with van der Waals surface area (Å²) < 4.78 is 1.17. The zero-order valence-electron chi connectivity index (χ0n) is 13.8. The minimum absolute atomic E-state index is 0.297. The first-order chi connectivity index (χ1) is 9.19. The van der Waals surface area contributed by atoms with Crippen LogP contribution >= 0.6 is 15.9 Å². The quantitative estimate of drug-likeness (QED) is 0.808. The van der Waals surface area contributed by atoms with Crippen molar-refractivity contribution in [3.63, 3.8) is 0 Å². The number of hydrogen-bond acceptors (Lipinski definition) is 2. The summed E-state index contributed by atoms with van der Waals surface area (Å²) in [6.07, 6.45) is 0. The van der Waals surface area contributed by atoms with E-state index in [1.165, 1.54) is 15.7 Å². The van der Waals surface area contributed by atoms with Gasteiger partial charge in [0.1, 0.15) is 0 Å². The number of rotatable bonds is 6. The second-order valence-corrected chi connectivity index (χ2v) is 8.08. The van der Waals surface area contributed by atoms with Crippen LogP contribution in [0.25, 0.3) is 0 Å². The highest BCUT2D eigenvalue weighted by molar-refractivity contribution is 9.10. The highest BCUT2D eigenvalue weighted by atomic mass is 79.9. The Hall–Kier alpha value is -0.540. The smallest absolute Gasteiger partial charge is 0.0508 e. The molecule has 0 heterocycles. The predicted octanol–water partition coefficient (Wildman–Crippen LogP) is 4.68. The van der Waals surface area contributed by atoms with Gasteiger partial charge in [0, 0.05) is 24.6 Å². The topological polar surface area (TPSA) is 15.3 Å². The highest BCUT2D eigenvalue weighted by Crippen LogP contribution is 2.29. The molecule has 1 aromatic rings. The first-order valence-corrected chi connectivity index (χ1v) is 8.18. The van der Waals surface area contributed by atoms with Crippen LogP contribution in [0, 0.1) is 11.3 Å². The molecule has 0 aliphatic heterocycles. The molecule has 0 atom stereocenters. The lowest BCUT2D eigenvalue weighted by Crippen LogP contribution is -2.29. The number of nitrogens with zero attached hydrogens (tertiary/aromatic N) is 1. The van der Waals surface area contributed by atoms with Crippen LogP contribution in [0.15, 0.2) is 22.7 Å². The molecule has 0 unspecified atom stereocenters. The van der Waals surface area contributed by atoms with Gasteiger partial charge >= 0.3 is 0 Å². The third-order valence-corrected chi connectivity index (χ3v) is 3.65. The van der Waals surface area contributed by atoms with Gasteiger partial charge in [-0.05, 0) is 51.5 Å². The summed E-state index contributed by atoms with van der Waals surface area (Å²) in [4.78, 5) is 2.31. The molecule has 0 aliphatic carbocycles. The van der Waals surface area contributed by atoms with Crippen LogP contribution in [0.3, 0.4) is 0 Å². The van der Waals surface area contributed by atoms with E-state index in [2.05, 4.69) is 86.0 Å². The zero-order chi connectivity index (χ0) is 15.3. The van der Waals surface area contributed by atoms with Gasteiger partial charge in [0.05, 0.1) is 5.69 Å². The number of halogens is 1. The summed E-state index contributed by atoms with van der Waals surface area (Å²) in [6, 6.07) is 6.65. The molecule has 3 heteroatoms. The molecule has 0 fully saturated rings. The third-order valence-electron chi connectivity index (χ3n) is 3.02. The minimum atomic E-state index is 0.297. The van der Waals surface area contributed by atoms with Crippen molar-refractivity contribution in [3.05, 3.63) is 28.2 Å². The van der Waals surface area contributed by atoms with E-state index in [0.717, 1.165) is 19.6 Å². The van der Waals surface area contributed by atoms with E-state index in [1.54, 1.807) is 0 Å². The molecule has 0 spiro atoms. The number of anilines is 1. The maximum atomic E-state index is 3.71. The van der Waals surface area contributed by atoms with Gasteiger partial charge in [-0.1, -0.05) is 40.7 Å². The maximum absolute atomic E-state index is 3.71. The fourth-order valence-electron chi connectivity index (χ4n) is 2.27. The van der Waals surface area contributed by atoms with Crippen LogP contribution in [0.1, 0.15) is 40.2 Å². The highest BCUT2D eigenvalue weighted by Gasteiger charge is 2.15. The zero-order valence-corrected chi connectivity index (χ0v) is 15.3. The van der Waals surface area contributed by atoms with Crippen LogP contribution in [0.2, 0.25) is 0 Å². The molecular weight excluding hydrogens is 312 g/mol. The predicted molar refractivity (Wildman–Crippen MR) is 93.4 cm³/mol.